The van der Waals surface area contributed by atoms with Gasteiger partial charge in [0.05, 0.1) is 0 Å². The van der Waals surface area contributed by atoms with Gasteiger partial charge in [0.2, 0.25) is 0 Å². The van der Waals surface area contributed by atoms with Crippen molar-refractivity contribution in [2.24, 2.45) is 5.92 Å². The van der Waals surface area contributed by atoms with Gasteiger partial charge in [-0.1, -0.05) is 19.9 Å². The molecule has 1 aromatic carbocycles. The first-order chi connectivity index (χ1) is 8.47. The van der Waals surface area contributed by atoms with Crippen LogP contribution in [0.15, 0.2) is 18.2 Å². The highest BCUT2D eigenvalue weighted by Crippen LogP contribution is 2.38. The fourth-order valence-corrected chi connectivity index (χ4v) is 3.15. The van der Waals surface area contributed by atoms with Crippen LogP contribution in [0.3, 0.4) is 0 Å². The van der Waals surface area contributed by atoms with E-state index in [0.717, 1.165) is 21.4 Å². The summed E-state index contributed by atoms with van der Waals surface area (Å²) in [6.07, 6.45) is 1.05. The van der Waals surface area contributed by atoms with Crippen molar-refractivity contribution in [3.8, 4) is 5.75 Å². The molecule has 0 amide bonds. The van der Waals surface area contributed by atoms with Gasteiger partial charge in [-0.25, -0.2) is 0 Å². The second-order valence-electron chi connectivity index (χ2n) is 4.86. The average Bonchev–Trinajstić information content (AvgIpc) is 2.53. The van der Waals surface area contributed by atoms with Crippen molar-refractivity contribution in [2.75, 3.05) is 0 Å². The fourth-order valence-electron chi connectivity index (χ4n) is 2.09. The third-order valence-electron chi connectivity index (χ3n) is 2.74. The van der Waals surface area contributed by atoms with Crippen molar-refractivity contribution in [2.45, 2.75) is 27.2 Å². The maximum Gasteiger partial charge on any atom is 0.707 e. The van der Waals surface area contributed by atoms with Crippen LogP contribution in [-0.2, 0) is 6.42 Å². The molecule has 0 aliphatic heterocycles. The lowest BCUT2D eigenvalue weighted by atomic mass is 10.0. The minimum absolute atomic E-state index is 0.570. The zero-order valence-electron chi connectivity index (χ0n) is 10.8. The van der Waals surface area contributed by atoms with E-state index < -0.39 is 7.32 Å². The lowest BCUT2D eigenvalue weighted by Crippen LogP contribution is -2.20. The molecular weight excluding hydrogens is 247 g/mol. The summed E-state index contributed by atoms with van der Waals surface area (Å²) in [7, 11) is -1.77. The Morgan fingerprint density at radius 3 is 2.67 bits per heavy atom. The van der Waals surface area contributed by atoms with Crippen LogP contribution in [0.2, 0.25) is 0 Å². The summed E-state index contributed by atoms with van der Waals surface area (Å²) in [5.41, 5.74) is 1.30. The van der Waals surface area contributed by atoms with Crippen LogP contribution < -0.4 is 4.65 Å². The van der Waals surface area contributed by atoms with Gasteiger partial charge in [-0.05, 0) is 37.0 Å². The average molecular weight is 264 g/mol. The van der Waals surface area contributed by atoms with Gasteiger partial charge < -0.3 is 14.7 Å². The van der Waals surface area contributed by atoms with E-state index in [4.69, 9.17) is 14.7 Å². The van der Waals surface area contributed by atoms with Crippen LogP contribution in [-0.4, -0.2) is 17.4 Å². The zero-order valence-corrected chi connectivity index (χ0v) is 11.6. The standard InChI is InChI=1S/C13H17BO3S/c1-8(2)6-10-4-5-11-12(7-10)18-9(3)13(11)17-14(15)16/h4-5,7-8,15-16H,6H2,1-3H3. The lowest BCUT2D eigenvalue weighted by Gasteiger charge is -2.06. The summed E-state index contributed by atoms with van der Waals surface area (Å²) in [5.74, 6) is 1.19. The molecule has 0 saturated carbocycles. The summed E-state index contributed by atoms with van der Waals surface area (Å²) >= 11 is 1.61. The van der Waals surface area contributed by atoms with Gasteiger partial charge in [0.25, 0.3) is 0 Å². The number of fused-ring (bicyclic) bond motifs is 1. The summed E-state index contributed by atoms with van der Waals surface area (Å²) in [4.78, 5) is 0.958. The number of aryl methyl sites for hydroxylation is 1. The van der Waals surface area contributed by atoms with Gasteiger partial charge in [0.1, 0.15) is 5.75 Å². The van der Waals surface area contributed by atoms with Gasteiger partial charge >= 0.3 is 7.32 Å². The van der Waals surface area contributed by atoms with Gasteiger partial charge in [-0.3, -0.25) is 0 Å². The maximum atomic E-state index is 8.92. The molecule has 0 aliphatic rings. The summed E-state index contributed by atoms with van der Waals surface area (Å²) in [5, 5.41) is 18.8. The molecular formula is C13H17BO3S. The van der Waals surface area contributed by atoms with E-state index in [1.54, 1.807) is 11.3 Å². The van der Waals surface area contributed by atoms with Crippen molar-refractivity contribution in [1.82, 2.24) is 0 Å². The first kappa shape index (κ1) is 13.4. The Morgan fingerprint density at radius 2 is 2.06 bits per heavy atom. The molecule has 0 unspecified atom stereocenters. The maximum absolute atomic E-state index is 8.92. The summed E-state index contributed by atoms with van der Waals surface area (Å²) < 4.78 is 6.17. The van der Waals surface area contributed by atoms with E-state index in [-0.39, 0.29) is 0 Å². The van der Waals surface area contributed by atoms with E-state index >= 15 is 0 Å². The van der Waals surface area contributed by atoms with Gasteiger partial charge in [0.15, 0.2) is 0 Å². The minimum atomic E-state index is -1.77. The SMILES string of the molecule is Cc1sc2cc(CC(C)C)ccc2c1OB(O)O. The van der Waals surface area contributed by atoms with E-state index in [1.807, 2.05) is 13.0 Å². The van der Waals surface area contributed by atoms with Crippen molar-refractivity contribution < 1.29 is 14.7 Å². The predicted octanol–water partition coefficient (Wildman–Crippen LogP) is 2.76. The third-order valence-corrected chi connectivity index (χ3v) is 3.79. The molecule has 0 atom stereocenters. The number of hydrogen-bond donors (Lipinski definition) is 2. The van der Waals surface area contributed by atoms with Crippen molar-refractivity contribution >= 4 is 28.7 Å². The highest BCUT2D eigenvalue weighted by Gasteiger charge is 2.18. The minimum Gasteiger partial charge on any atom is -0.511 e. The van der Waals surface area contributed by atoms with Crippen LogP contribution >= 0.6 is 11.3 Å². The van der Waals surface area contributed by atoms with Crippen molar-refractivity contribution in [3.63, 3.8) is 0 Å². The first-order valence-corrected chi connectivity index (χ1v) is 6.84. The molecule has 0 spiro atoms. The molecule has 2 aromatic rings. The number of thiophene rings is 1. The van der Waals surface area contributed by atoms with Gasteiger partial charge in [0, 0.05) is 15.0 Å². The Balaban J connectivity index is 2.41. The Morgan fingerprint density at radius 1 is 1.33 bits per heavy atom. The summed E-state index contributed by atoms with van der Waals surface area (Å²) in [6, 6.07) is 6.23. The third kappa shape index (κ3) is 2.86. The molecule has 1 aromatic heterocycles. The molecule has 0 fully saturated rings. The number of benzene rings is 1. The van der Waals surface area contributed by atoms with E-state index in [1.165, 1.54) is 5.56 Å². The van der Waals surface area contributed by atoms with Crippen LogP contribution in [0.5, 0.6) is 5.75 Å². The van der Waals surface area contributed by atoms with Crippen LogP contribution in [0, 0.1) is 12.8 Å². The Labute approximate surface area is 111 Å². The largest absolute Gasteiger partial charge is 0.707 e. The molecule has 96 valence electrons. The molecule has 3 nitrogen and oxygen atoms in total. The van der Waals surface area contributed by atoms with Crippen molar-refractivity contribution in [3.05, 3.63) is 28.6 Å². The van der Waals surface area contributed by atoms with E-state index in [9.17, 15) is 0 Å². The predicted molar refractivity (Wildman–Crippen MR) is 75.9 cm³/mol. The Kier molecular flexibility index (Phi) is 3.95. The number of rotatable bonds is 4. The normalized spacial score (nSPS) is 11.2. The molecule has 0 radical (unpaired) electrons. The lowest BCUT2D eigenvalue weighted by molar-refractivity contribution is 0.289. The molecule has 0 aliphatic carbocycles. The molecule has 0 bridgehead atoms. The van der Waals surface area contributed by atoms with E-state index in [2.05, 4.69) is 26.0 Å². The summed E-state index contributed by atoms with van der Waals surface area (Å²) in [6.45, 7) is 6.31. The second kappa shape index (κ2) is 5.30. The molecule has 2 rings (SSSR count). The molecule has 0 saturated heterocycles. The monoisotopic (exact) mass is 264 g/mol. The zero-order chi connectivity index (χ0) is 13.3. The molecule has 2 N–H and O–H groups in total. The Bertz CT molecular complexity index is 548. The second-order valence-corrected chi connectivity index (χ2v) is 6.12. The Hall–Kier alpha value is -1.04. The highest BCUT2D eigenvalue weighted by atomic mass is 32.1. The molecule has 1 heterocycles. The highest BCUT2D eigenvalue weighted by molar-refractivity contribution is 7.19. The van der Waals surface area contributed by atoms with Crippen LogP contribution in [0.25, 0.3) is 10.1 Å². The fraction of sp³-hybridized carbons (Fsp3) is 0.385. The number of hydrogen-bond acceptors (Lipinski definition) is 4. The quantitative estimate of drug-likeness (QED) is 0.835. The first-order valence-electron chi connectivity index (χ1n) is 6.02. The van der Waals surface area contributed by atoms with Gasteiger partial charge in [-0.15, -0.1) is 11.3 Å². The van der Waals surface area contributed by atoms with Crippen LogP contribution in [0.4, 0.5) is 0 Å². The molecule has 18 heavy (non-hydrogen) atoms. The smallest absolute Gasteiger partial charge is 0.511 e. The van der Waals surface area contributed by atoms with Gasteiger partial charge in [-0.2, -0.15) is 0 Å². The van der Waals surface area contributed by atoms with Crippen molar-refractivity contribution in [1.29, 1.82) is 0 Å². The van der Waals surface area contributed by atoms with E-state index in [0.29, 0.717) is 11.7 Å². The van der Waals surface area contributed by atoms with Crippen LogP contribution in [0.1, 0.15) is 24.3 Å². The molecule has 5 heteroatoms. The topological polar surface area (TPSA) is 49.7 Å².